The number of carboxylic acids is 1. The number of hydrogen-bond donors (Lipinski definition) is 3. The van der Waals surface area contributed by atoms with E-state index in [1.165, 1.54) is 6.92 Å². The molecule has 0 radical (unpaired) electrons. The van der Waals surface area contributed by atoms with Crippen LogP contribution in [0.5, 0.6) is 5.75 Å². The highest BCUT2D eigenvalue weighted by Crippen LogP contribution is 2.24. The van der Waals surface area contributed by atoms with Gasteiger partial charge in [0.05, 0.1) is 11.4 Å². The van der Waals surface area contributed by atoms with E-state index >= 15 is 0 Å². The van der Waals surface area contributed by atoms with Crippen molar-refractivity contribution in [1.82, 2.24) is 5.32 Å². The summed E-state index contributed by atoms with van der Waals surface area (Å²) in [5, 5.41) is 11.4. The van der Waals surface area contributed by atoms with E-state index in [0.717, 1.165) is 0 Å². The molecule has 0 aliphatic rings. The third-order valence-electron chi connectivity index (χ3n) is 2.53. The van der Waals surface area contributed by atoms with Crippen LogP contribution in [-0.4, -0.2) is 35.0 Å². The highest BCUT2D eigenvalue weighted by molar-refractivity contribution is 6.32. The molecule has 2 atom stereocenters. The lowest BCUT2D eigenvalue weighted by molar-refractivity contribution is -0.144. The summed E-state index contributed by atoms with van der Waals surface area (Å²) >= 11 is 5.89. The number of primary amides is 1. The standard InChI is InChI=1S/C13H15ClN2O5/c1-7(21-10-5-3-2-4-8(10)14)12(18)16-9(13(19)20)6-11(15)17/h2-5,7,9H,6H2,1H3,(H2,15,17)(H,16,18)(H,19,20)/t7?,9-/m1/s1. The van der Waals surface area contributed by atoms with E-state index in [2.05, 4.69) is 5.32 Å². The Morgan fingerprint density at radius 2 is 2.00 bits per heavy atom. The normalized spacial score (nSPS) is 13.0. The van der Waals surface area contributed by atoms with E-state index in [-0.39, 0.29) is 0 Å². The van der Waals surface area contributed by atoms with Crippen LogP contribution >= 0.6 is 11.6 Å². The van der Waals surface area contributed by atoms with Crippen molar-refractivity contribution in [1.29, 1.82) is 0 Å². The van der Waals surface area contributed by atoms with E-state index in [1.807, 2.05) is 0 Å². The Hall–Kier alpha value is -2.28. The van der Waals surface area contributed by atoms with Gasteiger partial charge in [0.25, 0.3) is 5.91 Å². The number of nitrogens with two attached hydrogens (primary N) is 1. The Bertz CT molecular complexity index is 549. The predicted octanol–water partition coefficient (Wildman–Crippen LogP) is 0.552. The minimum Gasteiger partial charge on any atom is -0.480 e. The van der Waals surface area contributed by atoms with Gasteiger partial charge < -0.3 is 20.9 Å². The molecule has 0 fully saturated rings. The Kier molecular flexibility index (Phi) is 5.98. The molecule has 114 valence electrons. The van der Waals surface area contributed by atoms with Crippen LogP contribution in [0.15, 0.2) is 24.3 Å². The summed E-state index contributed by atoms with van der Waals surface area (Å²) in [6, 6.07) is 5.15. The fourth-order valence-electron chi connectivity index (χ4n) is 1.47. The number of carbonyl (C=O) groups excluding carboxylic acids is 2. The van der Waals surface area contributed by atoms with Crippen molar-refractivity contribution in [2.75, 3.05) is 0 Å². The van der Waals surface area contributed by atoms with Gasteiger partial charge in [-0.05, 0) is 19.1 Å². The second-order valence-corrected chi connectivity index (χ2v) is 4.67. The highest BCUT2D eigenvalue weighted by atomic mass is 35.5. The Labute approximate surface area is 126 Å². The molecule has 0 aromatic heterocycles. The van der Waals surface area contributed by atoms with Crippen molar-refractivity contribution in [2.45, 2.75) is 25.5 Å². The number of benzene rings is 1. The van der Waals surface area contributed by atoms with Crippen LogP contribution in [0, 0.1) is 0 Å². The second kappa shape index (κ2) is 7.49. The van der Waals surface area contributed by atoms with Gasteiger partial charge in [0.15, 0.2) is 6.10 Å². The van der Waals surface area contributed by atoms with Crippen LogP contribution in [-0.2, 0) is 14.4 Å². The topological polar surface area (TPSA) is 119 Å². The first-order valence-electron chi connectivity index (χ1n) is 6.04. The maximum atomic E-state index is 11.9. The van der Waals surface area contributed by atoms with Crippen molar-refractivity contribution in [3.05, 3.63) is 29.3 Å². The largest absolute Gasteiger partial charge is 0.480 e. The molecule has 1 unspecified atom stereocenters. The second-order valence-electron chi connectivity index (χ2n) is 4.26. The SMILES string of the molecule is CC(Oc1ccccc1Cl)C(=O)N[C@H](CC(N)=O)C(=O)O. The van der Waals surface area contributed by atoms with Crippen molar-refractivity contribution in [3.63, 3.8) is 0 Å². The zero-order valence-corrected chi connectivity index (χ0v) is 12.0. The molecule has 0 bridgehead atoms. The molecule has 2 amide bonds. The lowest BCUT2D eigenvalue weighted by atomic mass is 10.2. The monoisotopic (exact) mass is 314 g/mol. The zero-order chi connectivity index (χ0) is 16.0. The molecule has 0 aliphatic carbocycles. The van der Waals surface area contributed by atoms with Gasteiger partial charge in [0, 0.05) is 0 Å². The molecule has 1 aromatic rings. The van der Waals surface area contributed by atoms with Gasteiger partial charge in [-0.15, -0.1) is 0 Å². The zero-order valence-electron chi connectivity index (χ0n) is 11.2. The van der Waals surface area contributed by atoms with Gasteiger partial charge in [0.1, 0.15) is 11.8 Å². The molecule has 4 N–H and O–H groups in total. The summed E-state index contributed by atoms with van der Waals surface area (Å²) in [5.74, 6) is -2.58. The predicted molar refractivity (Wildman–Crippen MR) is 74.9 cm³/mol. The average Bonchev–Trinajstić information content (AvgIpc) is 2.39. The van der Waals surface area contributed by atoms with Gasteiger partial charge in [0.2, 0.25) is 5.91 Å². The van der Waals surface area contributed by atoms with E-state index in [9.17, 15) is 14.4 Å². The quantitative estimate of drug-likeness (QED) is 0.679. The van der Waals surface area contributed by atoms with Crippen molar-refractivity contribution < 1.29 is 24.2 Å². The smallest absolute Gasteiger partial charge is 0.326 e. The molecule has 1 rings (SSSR count). The molecular formula is C13H15ClN2O5. The summed E-state index contributed by atoms with van der Waals surface area (Å²) < 4.78 is 5.34. The summed E-state index contributed by atoms with van der Waals surface area (Å²) in [7, 11) is 0. The third kappa shape index (κ3) is 5.31. The highest BCUT2D eigenvalue weighted by Gasteiger charge is 2.25. The van der Waals surface area contributed by atoms with Gasteiger partial charge in [-0.25, -0.2) is 4.79 Å². The fraction of sp³-hybridized carbons (Fsp3) is 0.308. The molecule has 7 nitrogen and oxygen atoms in total. The molecule has 0 heterocycles. The number of carbonyl (C=O) groups is 3. The van der Waals surface area contributed by atoms with Crippen LogP contribution in [0.1, 0.15) is 13.3 Å². The average molecular weight is 315 g/mol. The number of para-hydroxylation sites is 1. The maximum Gasteiger partial charge on any atom is 0.326 e. The van der Waals surface area contributed by atoms with Crippen LogP contribution in [0.25, 0.3) is 0 Å². The van der Waals surface area contributed by atoms with E-state index in [4.69, 9.17) is 27.2 Å². The molecule has 0 spiro atoms. The summed E-state index contributed by atoms with van der Waals surface area (Å²) in [4.78, 5) is 33.5. The first kappa shape index (κ1) is 16.8. The van der Waals surface area contributed by atoms with Crippen LogP contribution in [0.2, 0.25) is 5.02 Å². The van der Waals surface area contributed by atoms with Gasteiger partial charge in [-0.2, -0.15) is 0 Å². The van der Waals surface area contributed by atoms with Crippen molar-refractivity contribution >= 4 is 29.4 Å². The molecule has 0 saturated carbocycles. The number of carboxylic acid groups (broad SMARTS) is 1. The number of halogens is 1. The van der Waals surface area contributed by atoms with Crippen molar-refractivity contribution in [2.24, 2.45) is 5.73 Å². The number of nitrogens with one attached hydrogen (secondary N) is 1. The summed E-state index contributed by atoms with van der Waals surface area (Å²) in [6.45, 7) is 1.43. The summed E-state index contributed by atoms with van der Waals surface area (Å²) in [5.41, 5.74) is 4.92. The van der Waals surface area contributed by atoms with E-state index < -0.39 is 36.4 Å². The summed E-state index contributed by atoms with van der Waals surface area (Å²) in [6.07, 6.45) is -1.49. The minimum atomic E-state index is -1.40. The van der Waals surface area contributed by atoms with Crippen LogP contribution < -0.4 is 15.8 Å². The minimum absolute atomic E-state index is 0.295. The lowest BCUT2D eigenvalue weighted by Crippen LogP contribution is -2.47. The van der Waals surface area contributed by atoms with Gasteiger partial charge >= 0.3 is 5.97 Å². The first-order valence-corrected chi connectivity index (χ1v) is 6.41. The van der Waals surface area contributed by atoms with Gasteiger partial charge in [-0.1, -0.05) is 23.7 Å². The number of rotatable bonds is 7. The van der Waals surface area contributed by atoms with Crippen LogP contribution in [0.4, 0.5) is 0 Å². The van der Waals surface area contributed by atoms with Gasteiger partial charge in [-0.3, -0.25) is 9.59 Å². The molecule has 0 aliphatic heterocycles. The first-order chi connectivity index (χ1) is 9.81. The number of ether oxygens (including phenoxy) is 1. The number of amides is 2. The molecule has 0 saturated heterocycles. The molecule has 8 heteroatoms. The van der Waals surface area contributed by atoms with Crippen molar-refractivity contribution in [3.8, 4) is 5.75 Å². The Balaban J connectivity index is 2.67. The molecule has 1 aromatic carbocycles. The third-order valence-corrected chi connectivity index (χ3v) is 2.84. The Morgan fingerprint density at radius 1 is 1.38 bits per heavy atom. The van der Waals surface area contributed by atoms with E-state index in [0.29, 0.717) is 10.8 Å². The lowest BCUT2D eigenvalue weighted by Gasteiger charge is -2.18. The number of hydrogen-bond acceptors (Lipinski definition) is 4. The fourth-order valence-corrected chi connectivity index (χ4v) is 1.65. The van der Waals surface area contributed by atoms with E-state index in [1.54, 1.807) is 24.3 Å². The molecular weight excluding hydrogens is 300 g/mol. The number of aliphatic carboxylic acids is 1. The van der Waals surface area contributed by atoms with Crippen LogP contribution in [0.3, 0.4) is 0 Å². The Morgan fingerprint density at radius 3 is 2.52 bits per heavy atom. The maximum absolute atomic E-state index is 11.9. The molecule has 21 heavy (non-hydrogen) atoms.